The Hall–Kier alpha value is -2.64. The maximum absolute atomic E-state index is 12.7. The molecular weight excluding hydrogens is 312 g/mol. The normalized spacial score (nSPS) is 15.9. The van der Waals surface area contributed by atoms with Crippen molar-refractivity contribution in [1.29, 1.82) is 0 Å². The predicted octanol–water partition coefficient (Wildman–Crippen LogP) is 0.242. The zero-order valence-electron chi connectivity index (χ0n) is 13.9. The standard InChI is InChI=1S/C16H20N4O4/c1-9-8-17-13-11(14(21)19(3)16(24)18(13)2)12(9)20-6-4-10(5-7-20)15(22)23/h8,10H,4-7H2,1-3H3,(H,22,23). The molecule has 8 nitrogen and oxygen atoms in total. The average Bonchev–Trinajstić information content (AvgIpc) is 2.57. The first kappa shape index (κ1) is 16.2. The van der Waals surface area contributed by atoms with Gasteiger partial charge in [-0.2, -0.15) is 0 Å². The smallest absolute Gasteiger partial charge is 0.332 e. The number of aryl methyl sites for hydroxylation is 2. The van der Waals surface area contributed by atoms with Gasteiger partial charge in [-0.25, -0.2) is 9.78 Å². The maximum atomic E-state index is 12.7. The van der Waals surface area contributed by atoms with Gasteiger partial charge in [0.2, 0.25) is 0 Å². The summed E-state index contributed by atoms with van der Waals surface area (Å²) in [6.45, 7) is 2.99. The van der Waals surface area contributed by atoms with E-state index in [1.807, 2.05) is 11.8 Å². The number of fused-ring (bicyclic) bond motifs is 1. The molecule has 0 amide bonds. The number of pyridine rings is 1. The third-order valence-corrected chi connectivity index (χ3v) is 4.78. The van der Waals surface area contributed by atoms with E-state index >= 15 is 0 Å². The summed E-state index contributed by atoms with van der Waals surface area (Å²) >= 11 is 0. The van der Waals surface area contributed by atoms with Gasteiger partial charge < -0.3 is 10.0 Å². The van der Waals surface area contributed by atoms with Gasteiger partial charge in [-0.3, -0.25) is 18.7 Å². The highest BCUT2D eigenvalue weighted by Gasteiger charge is 2.27. The molecule has 0 spiro atoms. The van der Waals surface area contributed by atoms with E-state index in [2.05, 4.69) is 4.98 Å². The number of hydrogen-bond donors (Lipinski definition) is 1. The van der Waals surface area contributed by atoms with Crippen LogP contribution in [0.15, 0.2) is 15.8 Å². The van der Waals surface area contributed by atoms with E-state index in [9.17, 15) is 14.4 Å². The lowest BCUT2D eigenvalue weighted by Crippen LogP contribution is -2.40. The molecule has 3 rings (SSSR count). The van der Waals surface area contributed by atoms with Crippen molar-refractivity contribution in [1.82, 2.24) is 14.1 Å². The molecule has 0 atom stereocenters. The molecule has 24 heavy (non-hydrogen) atoms. The van der Waals surface area contributed by atoms with E-state index in [0.29, 0.717) is 37.0 Å². The van der Waals surface area contributed by atoms with Crippen molar-refractivity contribution < 1.29 is 9.90 Å². The van der Waals surface area contributed by atoms with Crippen LogP contribution in [0.25, 0.3) is 11.0 Å². The number of nitrogens with zero attached hydrogens (tertiary/aromatic N) is 4. The third-order valence-electron chi connectivity index (χ3n) is 4.78. The minimum atomic E-state index is -0.774. The van der Waals surface area contributed by atoms with Crippen molar-refractivity contribution in [2.45, 2.75) is 19.8 Å². The van der Waals surface area contributed by atoms with Crippen LogP contribution in [0, 0.1) is 12.8 Å². The van der Waals surface area contributed by atoms with Crippen LogP contribution in [0.5, 0.6) is 0 Å². The molecule has 0 radical (unpaired) electrons. The molecule has 3 heterocycles. The largest absolute Gasteiger partial charge is 0.481 e. The Labute approximate surface area is 138 Å². The SMILES string of the molecule is Cc1cnc2c(c1N1CCC(C(=O)O)CC1)c(=O)n(C)c(=O)n2C. The van der Waals surface area contributed by atoms with E-state index < -0.39 is 11.7 Å². The molecule has 1 fully saturated rings. The van der Waals surface area contributed by atoms with Crippen LogP contribution in [0.2, 0.25) is 0 Å². The number of carboxylic acid groups (broad SMARTS) is 1. The lowest BCUT2D eigenvalue weighted by Gasteiger charge is -2.33. The molecule has 2 aromatic rings. The van der Waals surface area contributed by atoms with Crippen molar-refractivity contribution in [2.24, 2.45) is 20.0 Å². The number of carbonyl (C=O) groups is 1. The van der Waals surface area contributed by atoms with Gasteiger partial charge in [0.05, 0.1) is 11.6 Å². The van der Waals surface area contributed by atoms with Gasteiger partial charge >= 0.3 is 11.7 Å². The van der Waals surface area contributed by atoms with Crippen LogP contribution in [0.4, 0.5) is 5.69 Å². The van der Waals surface area contributed by atoms with Crippen LogP contribution in [-0.4, -0.2) is 38.3 Å². The lowest BCUT2D eigenvalue weighted by molar-refractivity contribution is -0.142. The molecule has 1 saturated heterocycles. The molecule has 1 aliphatic rings. The van der Waals surface area contributed by atoms with Crippen LogP contribution < -0.4 is 16.1 Å². The molecule has 0 unspecified atom stereocenters. The predicted molar refractivity (Wildman–Crippen MR) is 89.5 cm³/mol. The second kappa shape index (κ2) is 5.77. The summed E-state index contributed by atoms with van der Waals surface area (Å²) in [4.78, 5) is 42.2. The number of aliphatic carboxylic acids is 1. The Morgan fingerprint density at radius 1 is 1.21 bits per heavy atom. The summed E-state index contributed by atoms with van der Waals surface area (Å²) in [5.41, 5.74) is 1.15. The molecule has 0 aliphatic carbocycles. The number of hydrogen-bond acceptors (Lipinski definition) is 5. The zero-order valence-corrected chi connectivity index (χ0v) is 13.9. The molecule has 2 aromatic heterocycles. The van der Waals surface area contributed by atoms with Crippen molar-refractivity contribution in [2.75, 3.05) is 18.0 Å². The summed E-state index contributed by atoms with van der Waals surface area (Å²) in [6.07, 6.45) is 2.72. The summed E-state index contributed by atoms with van der Waals surface area (Å²) in [5.74, 6) is -1.12. The number of anilines is 1. The van der Waals surface area contributed by atoms with Crippen LogP contribution >= 0.6 is 0 Å². The number of carboxylic acids is 1. The molecule has 0 saturated carbocycles. The molecular formula is C16H20N4O4. The van der Waals surface area contributed by atoms with E-state index in [1.54, 1.807) is 13.2 Å². The fourth-order valence-corrected chi connectivity index (χ4v) is 3.37. The topological polar surface area (TPSA) is 97.4 Å². The maximum Gasteiger partial charge on any atom is 0.332 e. The minimum absolute atomic E-state index is 0.346. The van der Waals surface area contributed by atoms with Gasteiger partial charge in [-0.15, -0.1) is 0 Å². The van der Waals surface area contributed by atoms with E-state index in [4.69, 9.17) is 5.11 Å². The van der Waals surface area contributed by atoms with Gasteiger partial charge in [0.15, 0.2) is 5.65 Å². The van der Waals surface area contributed by atoms with Crippen molar-refractivity contribution in [3.63, 3.8) is 0 Å². The van der Waals surface area contributed by atoms with Crippen molar-refractivity contribution >= 4 is 22.7 Å². The Bertz CT molecular complexity index is 936. The van der Waals surface area contributed by atoms with Gasteiger partial charge in [0.1, 0.15) is 5.39 Å². The van der Waals surface area contributed by atoms with E-state index in [1.165, 1.54) is 11.6 Å². The van der Waals surface area contributed by atoms with Crippen molar-refractivity contribution in [3.05, 3.63) is 32.6 Å². The van der Waals surface area contributed by atoms with Crippen molar-refractivity contribution in [3.8, 4) is 0 Å². The molecule has 1 aliphatic heterocycles. The van der Waals surface area contributed by atoms with Gasteiger partial charge in [0, 0.05) is 33.4 Å². The molecule has 0 bridgehead atoms. The zero-order chi connectivity index (χ0) is 17.6. The third kappa shape index (κ3) is 2.38. The molecule has 0 aromatic carbocycles. The summed E-state index contributed by atoms with van der Waals surface area (Å²) in [6, 6.07) is 0. The second-order valence-electron chi connectivity index (χ2n) is 6.29. The Kier molecular flexibility index (Phi) is 3.90. The van der Waals surface area contributed by atoms with E-state index in [-0.39, 0.29) is 11.5 Å². The Morgan fingerprint density at radius 3 is 2.42 bits per heavy atom. The lowest BCUT2D eigenvalue weighted by atomic mass is 9.96. The van der Waals surface area contributed by atoms with Crippen LogP contribution in [0.3, 0.4) is 0 Å². The fraction of sp³-hybridized carbons (Fsp3) is 0.500. The Balaban J connectivity index is 2.19. The summed E-state index contributed by atoms with van der Waals surface area (Å²) < 4.78 is 2.45. The fourth-order valence-electron chi connectivity index (χ4n) is 3.37. The quantitative estimate of drug-likeness (QED) is 0.846. The number of piperidine rings is 1. The van der Waals surface area contributed by atoms with Gasteiger partial charge in [-0.05, 0) is 25.3 Å². The number of aromatic nitrogens is 3. The monoisotopic (exact) mass is 332 g/mol. The van der Waals surface area contributed by atoms with Crippen LogP contribution in [-0.2, 0) is 18.9 Å². The summed E-state index contributed by atoms with van der Waals surface area (Å²) in [7, 11) is 3.04. The highest BCUT2D eigenvalue weighted by atomic mass is 16.4. The Morgan fingerprint density at radius 2 is 1.83 bits per heavy atom. The average molecular weight is 332 g/mol. The first-order valence-corrected chi connectivity index (χ1v) is 7.86. The van der Waals surface area contributed by atoms with Gasteiger partial charge in [-0.1, -0.05) is 0 Å². The first-order valence-electron chi connectivity index (χ1n) is 7.86. The minimum Gasteiger partial charge on any atom is -0.481 e. The molecule has 1 N–H and O–H groups in total. The number of rotatable bonds is 2. The summed E-state index contributed by atoms with van der Waals surface area (Å²) in [5, 5.41) is 9.56. The van der Waals surface area contributed by atoms with Gasteiger partial charge in [0.25, 0.3) is 5.56 Å². The highest BCUT2D eigenvalue weighted by Crippen LogP contribution is 2.30. The first-order chi connectivity index (χ1) is 11.3. The van der Waals surface area contributed by atoms with Crippen LogP contribution in [0.1, 0.15) is 18.4 Å². The molecule has 8 heteroatoms. The van der Waals surface area contributed by atoms with E-state index in [0.717, 1.165) is 15.8 Å². The highest BCUT2D eigenvalue weighted by molar-refractivity contribution is 5.90. The molecule has 128 valence electrons. The second-order valence-corrected chi connectivity index (χ2v) is 6.29.